The molecule has 3 aromatic rings. The number of H-pyrrole nitrogens is 1. The average Bonchev–Trinajstić information content (AvgIpc) is 3.03. The summed E-state index contributed by atoms with van der Waals surface area (Å²) < 4.78 is 7.34. The number of aryl methyl sites for hydroxylation is 1. The Morgan fingerprint density at radius 2 is 2.11 bits per heavy atom. The molecule has 8 nitrogen and oxygen atoms in total. The topological polar surface area (TPSA) is 102 Å². The second-order valence-electron chi connectivity index (χ2n) is 6.48. The van der Waals surface area contributed by atoms with Gasteiger partial charge in [-0.2, -0.15) is 14.9 Å². The van der Waals surface area contributed by atoms with Crippen LogP contribution in [0.3, 0.4) is 0 Å². The van der Waals surface area contributed by atoms with Gasteiger partial charge >= 0.3 is 0 Å². The predicted octanol–water partition coefficient (Wildman–Crippen LogP) is 2.30. The zero-order valence-electron chi connectivity index (χ0n) is 15.3. The smallest absolute Gasteiger partial charge is 0.264 e. The van der Waals surface area contributed by atoms with Crippen LogP contribution >= 0.6 is 0 Å². The van der Waals surface area contributed by atoms with Crippen molar-refractivity contribution in [1.29, 1.82) is 0 Å². The van der Waals surface area contributed by atoms with Gasteiger partial charge in [-0.25, -0.2) is 5.10 Å². The molecule has 3 heterocycles. The Morgan fingerprint density at radius 3 is 2.86 bits per heavy atom. The van der Waals surface area contributed by atoms with E-state index in [4.69, 9.17) is 4.74 Å². The van der Waals surface area contributed by atoms with E-state index in [9.17, 15) is 9.59 Å². The van der Waals surface area contributed by atoms with Crippen LogP contribution in [0.4, 0.5) is 5.82 Å². The molecular weight excluding hydrogens is 358 g/mol. The lowest BCUT2D eigenvalue weighted by Crippen LogP contribution is -2.25. The lowest BCUT2D eigenvalue weighted by atomic mass is 9.85. The van der Waals surface area contributed by atoms with Gasteiger partial charge in [0.05, 0.1) is 5.69 Å². The van der Waals surface area contributed by atoms with Crippen molar-refractivity contribution in [2.45, 2.75) is 19.3 Å². The highest BCUT2D eigenvalue weighted by atomic mass is 16.5. The summed E-state index contributed by atoms with van der Waals surface area (Å²) in [4.78, 5) is 23.8. The van der Waals surface area contributed by atoms with Gasteiger partial charge < -0.3 is 10.1 Å². The van der Waals surface area contributed by atoms with E-state index in [1.807, 2.05) is 31.2 Å². The number of carbonyl (C=O) groups excluding carboxylic acids is 1. The number of para-hydroxylation sites is 1. The highest BCUT2D eigenvalue weighted by Crippen LogP contribution is 2.42. The fourth-order valence-electron chi connectivity index (χ4n) is 3.48. The van der Waals surface area contributed by atoms with Crippen molar-refractivity contribution >= 4 is 11.7 Å². The summed E-state index contributed by atoms with van der Waals surface area (Å²) in [5.41, 5.74) is 2.28. The Balaban J connectivity index is 1.85. The first kappa shape index (κ1) is 17.7. The summed E-state index contributed by atoms with van der Waals surface area (Å²) in [6.07, 6.45) is 1.97. The van der Waals surface area contributed by atoms with Crippen molar-refractivity contribution < 1.29 is 9.53 Å². The SMILES string of the molecule is C=CCOc1ccccc1[C@H]1CC(=O)Nc2c1c(C)nn2-c1ccc(=O)[nH]n1. The van der Waals surface area contributed by atoms with E-state index in [2.05, 4.69) is 27.2 Å². The normalized spacial score (nSPS) is 15.6. The summed E-state index contributed by atoms with van der Waals surface area (Å²) in [7, 11) is 0. The first-order valence-electron chi connectivity index (χ1n) is 8.86. The summed E-state index contributed by atoms with van der Waals surface area (Å²) in [5, 5.41) is 13.9. The molecule has 0 saturated heterocycles. The highest BCUT2D eigenvalue weighted by molar-refractivity contribution is 5.95. The zero-order chi connectivity index (χ0) is 19.7. The quantitative estimate of drug-likeness (QED) is 0.665. The Labute approximate surface area is 160 Å². The van der Waals surface area contributed by atoms with Crippen LogP contribution in [-0.2, 0) is 4.79 Å². The van der Waals surface area contributed by atoms with Crippen LogP contribution in [0.25, 0.3) is 5.82 Å². The van der Waals surface area contributed by atoms with Crippen LogP contribution < -0.4 is 15.6 Å². The fourth-order valence-corrected chi connectivity index (χ4v) is 3.48. The molecule has 0 radical (unpaired) electrons. The molecule has 2 aromatic heterocycles. The number of hydrogen-bond donors (Lipinski definition) is 2. The second-order valence-corrected chi connectivity index (χ2v) is 6.48. The maximum Gasteiger partial charge on any atom is 0.264 e. The Bertz CT molecular complexity index is 1090. The van der Waals surface area contributed by atoms with Crippen molar-refractivity contribution in [3.8, 4) is 11.6 Å². The van der Waals surface area contributed by atoms with E-state index in [-0.39, 0.29) is 23.8 Å². The van der Waals surface area contributed by atoms with Crippen LogP contribution in [0.2, 0.25) is 0 Å². The van der Waals surface area contributed by atoms with Crippen molar-refractivity contribution in [1.82, 2.24) is 20.0 Å². The van der Waals surface area contributed by atoms with E-state index in [1.54, 1.807) is 12.1 Å². The van der Waals surface area contributed by atoms with E-state index in [0.29, 0.717) is 24.0 Å². The first-order chi connectivity index (χ1) is 13.6. The molecule has 2 N–H and O–H groups in total. The molecule has 1 atom stereocenters. The monoisotopic (exact) mass is 377 g/mol. The van der Waals surface area contributed by atoms with E-state index < -0.39 is 0 Å². The third kappa shape index (κ3) is 3.09. The number of anilines is 1. The van der Waals surface area contributed by atoms with Gasteiger partial charge in [-0.1, -0.05) is 30.9 Å². The van der Waals surface area contributed by atoms with Crippen molar-refractivity contribution in [3.05, 3.63) is 76.2 Å². The highest BCUT2D eigenvalue weighted by Gasteiger charge is 2.34. The number of benzene rings is 1. The first-order valence-corrected chi connectivity index (χ1v) is 8.86. The number of nitrogens with zero attached hydrogens (tertiary/aromatic N) is 3. The number of carbonyl (C=O) groups is 1. The molecule has 0 bridgehead atoms. The standard InChI is InChI=1S/C20H19N5O3/c1-3-10-28-15-7-5-4-6-13(15)14-11-18(27)21-20-19(14)12(2)24-25(20)16-8-9-17(26)23-22-16/h3-9,14H,1,10-11H2,2H3,(H,21,27)(H,23,26)/t14-/m1/s1. The van der Waals surface area contributed by atoms with E-state index >= 15 is 0 Å². The Hall–Kier alpha value is -3.68. The van der Waals surface area contributed by atoms with Gasteiger partial charge in [0, 0.05) is 29.5 Å². The maximum absolute atomic E-state index is 12.5. The number of amides is 1. The number of aromatic amines is 1. The van der Waals surface area contributed by atoms with Crippen molar-refractivity contribution in [2.75, 3.05) is 11.9 Å². The van der Waals surface area contributed by atoms with Gasteiger partial charge in [0.1, 0.15) is 18.2 Å². The molecule has 1 amide bonds. The van der Waals surface area contributed by atoms with Crippen molar-refractivity contribution in [3.63, 3.8) is 0 Å². The van der Waals surface area contributed by atoms with Crippen molar-refractivity contribution in [2.24, 2.45) is 0 Å². The largest absolute Gasteiger partial charge is 0.489 e. The minimum atomic E-state index is -0.309. The third-order valence-electron chi connectivity index (χ3n) is 4.64. The van der Waals surface area contributed by atoms with Crippen LogP contribution in [0.15, 0.2) is 53.8 Å². The number of fused-ring (bicyclic) bond motifs is 1. The van der Waals surface area contributed by atoms with E-state index in [1.165, 1.54) is 10.7 Å². The summed E-state index contributed by atoms with van der Waals surface area (Å²) in [6.45, 7) is 5.95. The molecule has 0 unspecified atom stereocenters. The number of hydrogen-bond acceptors (Lipinski definition) is 5. The second kappa shape index (κ2) is 7.15. The van der Waals surface area contributed by atoms with Crippen LogP contribution in [0.5, 0.6) is 5.75 Å². The Kier molecular flexibility index (Phi) is 4.52. The minimum Gasteiger partial charge on any atom is -0.489 e. The summed E-state index contributed by atoms with van der Waals surface area (Å²) in [6, 6.07) is 10.6. The number of aromatic nitrogens is 4. The minimum absolute atomic E-state index is 0.124. The third-order valence-corrected chi connectivity index (χ3v) is 4.64. The Morgan fingerprint density at radius 1 is 1.29 bits per heavy atom. The van der Waals surface area contributed by atoms with Gasteiger partial charge in [0.25, 0.3) is 5.56 Å². The van der Waals surface area contributed by atoms with Crippen LogP contribution in [0, 0.1) is 6.92 Å². The fraction of sp³-hybridized carbons (Fsp3) is 0.200. The molecular formula is C20H19N5O3. The summed E-state index contributed by atoms with van der Waals surface area (Å²) >= 11 is 0. The molecule has 0 aliphatic carbocycles. The number of ether oxygens (including phenoxy) is 1. The molecule has 0 fully saturated rings. The molecule has 1 aliphatic rings. The molecule has 1 aliphatic heterocycles. The van der Waals surface area contributed by atoms with Gasteiger partial charge in [-0.15, -0.1) is 0 Å². The van der Waals surface area contributed by atoms with Crippen LogP contribution in [0.1, 0.15) is 29.2 Å². The number of rotatable bonds is 5. The molecule has 0 spiro atoms. The van der Waals surface area contributed by atoms with E-state index in [0.717, 1.165) is 16.8 Å². The molecule has 28 heavy (non-hydrogen) atoms. The predicted molar refractivity (Wildman–Crippen MR) is 104 cm³/mol. The lowest BCUT2D eigenvalue weighted by Gasteiger charge is -2.25. The maximum atomic E-state index is 12.5. The van der Waals surface area contributed by atoms with Gasteiger partial charge in [0.15, 0.2) is 5.82 Å². The molecule has 1 aromatic carbocycles. The lowest BCUT2D eigenvalue weighted by molar-refractivity contribution is -0.116. The van der Waals surface area contributed by atoms with Gasteiger partial charge in [-0.3, -0.25) is 9.59 Å². The van der Waals surface area contributed by atoms with Gasteiger partial charge in [-0.05, 0) is 19.1 Å². The summed E-state index contributed by atoms with van der Waals surface area (Å²) in [5.74, 6) is 1.35. The molecule has 0 saturated carbocycles. The molecule has 4 rings (SSSR count). The average molecular weight is 377 g/mol. The molecule has 142 valence electrons. The zero-order valence-corrected chi connectivity index (χ0v) is 15.3. The van der Waals surface area contributed by atoms with Gasteiger partial charge in [0.2, 0.25) is 5.91 Å². The van der Waals surface area contributed by atoms with Crippen LogP contribution in [-0.4, -0.2) is 32.5 Å². The molecule has 8 heteroatoms. The number of nitrogens with one attached hydrogen (secondary N) is 2.